The minimum absolute atomic E-state index is 0.00109. The minimum Gasteiger partial charge on any atom is -0.343 e. The van der Waals surface area contributed by atoms with Crippen LogP contribution in [0.4, 0.5) is 0 Å². The van der Waals surface area contributed by atoms with Gasteiger partial charge in [-0.1, -0.05) is 6.92 Å². The molecule has 4 unspecified atom stereocenters. The molecule has 2 heterocycles. The number of nitrogens with one attached hydrogen (secondary N) is 1. The molecule has 2 aliphatic rings. The van der Waals surface area contributed by atoms with Crippen LogP contribution in [0.2, 0.25) is 0 Å². The molecule has 19 heavy (non-hydrogen) atoms. The molecule has 0 saturated carbocycles. The van der Waals surface area contributed by atoms with Crippen LogP contribution in [0.1, 0.15) is 40.0 Å². The van der Waals surface area contributed by atoms with E-state index >= 15 is 0 Å². The van der Waals surface area contributed by atoms with E-state index in [1.807, 2.05) is 11.8 Å². The van der Waals surface area contributed by atoms with E-state index in [2.05, 4.69) is 24.2 Å². The van der Waals surface area contributed by atoms with E-state index in [0.29, 0.717) is 12.5 Å². The number of hydrogen-bond acceptors (Lipinski definition) is 3. The molecule has 0 radical (unpaired) electrons. The number of hydrogen-bond donors (Lipinski definition) is 1. The van der Waals surface area contributed by atoms with Crippen molar-refractivity contribution in [1.29, 1.82) is 0 Å². The van der Waals surface area contributed by atoms with Gasteiger partial charge in [-0.2, -0.15) is 0 Å². The van der Waals surface area contributed by atoms with Crippen LogP contribution in [0.25, 0.3) is 0 Å². The molecule has 1 N–H and O–H groups in total. The number of carbonyl (C=O) groups excluding carboxylic acids is 2. The Balaban J connectivity index is 2.19. The van der Waals surface area contributed by atoms with Gasteiger partial charge in [-0.25, -0.2) is 0 Å². The van der Waals surface area contributed by atoms with Crippen molar-refractivity contribution in [1.82, 2.24) is 15.1 Å². The summed E-state index contributed by atoms with van der Waals surface area (Å²) in [6.45, 7) is 6.92. The van der Waals surface area contributed by atoms with Gasteiger partial charge in [-0.3, -0.25) is 9.59 Å². The predicted molar refractivity (Wildman–Crippen MR) is 73.6 cm³/mol. The standard InChI is InChI=1S/C14H25N3O2/c1-5-12-13(18)15-10(3)14(19)17(12)11-6-7-16(4)9(2)8-11/h9-12H,5-8H2,1-4H3,(H,15,18). The maximum Gasteiger partial charge on any atom is 0.245 e. The van der Waals surface area contributed by atoms with Gasteiger partial charge >= 0.3 is 0 Å². The minimum atomic E-state index is -0.384. The summed E-state index contributed by atoms with van der Waals surface area (Å²) in [6.07, 6.45) is 2.60. The average molecular weight is 267 g/mol. The highest BCUT2D eigenvalue weighted by atomic mass is 16.2. The molecule has 108 valence electrons. The Bertz CT molecular complexity index is 372. The van der Waals surface area contributed by atoms with Crippen LogP contribution in [0, 0.1) is 0 Å². The van der Waals surface area contributed by atoms with Crippen LogP contribution in [-0.2, 0) is 9.59 Å². The van der Waals surface area contributed by atoms with Gasteiger partial charge in [0.15, 0.2) is 0 Å². The maximum absolute atomic E-state index is 12.4. The summed E-state index contributed by atoms with van der Waals surface area (Å²) in [5, 5.41) is 2.78. The molecule has 2 fully saturated rings. The summed E-state index contributed by atoms with van der Waals surface area (Å²) in [5.41, 5.74) is 0. The average Bonchev–Trinajstić information content (AvgIpc) is 2.37. The second-order valence-electron chi connectivity index (χ2n) is 5.91. The first kappa shape index (κ1) is 14.3. The van der Waals surface area contributed by atoms with E-state index in [1.54, 1.807) is 6.92 Å². The summed E-state index contributed by atoms with van der Waals surface area (Å²) >= 11 is 0. The lowest BCUT2D eigenvalue weighted by atomic mass is 9.93. The summed E-state index contributed by atoms with van der Waals surface area (Å²) in [5.74, 6) is 0.0781. The van der Waals surface area contributed by atoms with Gasteiger partial charge < -0.3 is 15.1 Å². The third-order valence-electron chi connectivity index (χ3n) is 4.58. The lowest BCUT2D eigenvalue weighted by Gasteiger charge is -2.46. The van der Waals surface area contributed by atoms with E-state index in [1.165, 1.54) is 0 Å². The number of carbonyl (C=O) groups is 2. The molecule has 4 atom stereocenters. The molecular formula is C14H25N3O2. The second kappa shape index (κ2) is 5.49. The number of rotatable bonds is 2. The van der Waals surface area contributed by atoms with E-state index in [4.69, 9.17) is 0 Å². The monoisotopic (exact) mass is 267 g/mol. The molecule has 2 aliphatic heterocycles. The first-order valence-corrected chi connectivity index (χ1v) is 7.28. The third kappa shape index (κ3) is 2.61. The Morgan fingerprint density at radius 2 is 2.00 bits per heavy atom. The van der Waals surface area contributed by atoms with Gasteiger partial charge in [-0.15, -0.1) is 0 Å². The van der Waals surface area contributed by atoms with Crippen LogP contribution < -0.4 is 5.32 Å². The predicted octanol–water partition coefficient (Wildman–Crippen LogP) is 0.595. The molecule has 5 heteroatoms. The molecule has 0 bridgehead atoms. The Morgan fingerprint density at radius 1 is 1.32 bits per heavy atom. The highest BCUT2D eigenvalue weighted by molar-refractivity contribution is 5.96. The van der Waals surface area contributed by atoms with Crippen molar-refractivity contribution >= 4 is 11.8 Å². The van der Waals surface area contributed by atoms with E-state index in [0.717, 1.165) is 19.4 Å². The molecule has 0 aliphatic carbocycles. The maximum atomic E-state index is 12.4. The molecular weight excluding hydrogens is 242 g/mol. The number of piperidine rings is 1. The summed E-state index contributed by atoms with van der Waals surface area (Å²) in [7, 11) is 2.12. The molecule has 2 rings (SSSR count). The zero-order valence-electron chi connectivity index (χ0n) is 12.3. The van der Waals surface area contributed by atoms with E-state index in [9.17, 15) is 9.59 Å². The van der Waals surface area contributed by atoms with Crippen LogP contribution >= 0.6 is 0 Å². The Morgan fingerprint density at radius 3 is 2.58 bits per heavy atom. The zero-order valence-corrected chi connectivity index (χ0v) is 12.3. The molecule has 2 saturated heterocycles. The van der Waals surface area contributed by atoms with E-state index in [-0.39, 0.29) is 29.9 Å². The lowest BCUT2D eigenvalue weighted by Crippen LogP contribution is -2.66. The van der Waals surface area contributed by atoms with Gasteiger partial charge in [0.1, 0.15) is 12.1 Å². The molecule has 0 spiro atoms. The third-order valence-corrected chi connectivity index (χ3v) is 4.58. The van der Waals surface area contributed by atoms with Crippen molar-refractivity contribution in [3.63, 3.8) is 0 Å². The molecule has 2 amide bonds. The fraction of sp³-hybridized carbons (Fsp3) is 0.857. The highest BCUT2D eigenvalue weighted by Gasteiger charge is 2.42. The summed E-state index contributed by atoms with van der Waals surface area (Å²) in [6, 6.07) is -0.00364. The zero-order chi connectivity index (χ0) is 14.2. The normalized spacial score (nSPS) is 37.4. The van der Waals surface area contributed by atoms with Crippen LogP contribution in [0.15, 0.2) is 0 Å². The summed E-state index contributed by atoms with van der Waals surface area (Å²) < 4.78 is 0. The fourth-order valence-corrected chi connectivity index (χ4v) is 3.21. The van der Waals surface area contributed by atoms with Gasteiger partial charge in [0.2, 0.25) is 11.8 Å². The quantitative estimate of drug-likeness (QED) is 0.797. The Labute approximate surface area is 115 Å². The molecule has 0 aromatic heterocycles. The topological polar surface area (TPSA) is 52.7 Å². The van der Waals surface area contributed by atoms with Crippen molar-refractivity contribution in [2.75, 3.05) is 13.6 Å². The van der Waals surface area contributed by atoms with Gasteiger partial charge in [-0.05, 0) is 40.2 Å². The Hall–Kier alpha value is -1.10. The number of likely N-dealkylation sites (tertiary alicyclic amines) is 1. The lowest BCUT2D eigenvalue weighted by molar-refractivity contribution is -0.153. The van der Waals surface area contributed by atoms with E-state index < -0.39 is 0 Å². The highest BCUT2D eigenvalue weighted by Crippen LogP contribution is 2.26. The van der Waals surface area contributed by atoms with Crippen molar-refractivity contribution in [3.05, 3.63) is 0 Å². The summed E-state index contributed by atoms with van der Waals surface area (Å²) in [4.78, 5) is 28.7. The smallest absolute Gasteiger partial charge is 0.245 e. The molecule has 0 aromatic rings. The van der Waals surface area contributed by atoms with Crippen LogP contribution in [0.5, 0.6) is 0 Å². The number of amides is 2. The van der Waals surface area contributed by atoms with Crippen molar-refractivity contribution in [2.24, 2.45) is 0 Å². The largest absolute Gasteiger partial charge is 0.343 e. The van der Waals surface area contributed by atoms with Gasteiger partial charge in [0, 0.05) is 18.6 Å². The SMILES string of the molecule is CCC1C(=O)NC(C)C(=O)N1C1CCN(C)C(C)C1. The fourth-order valence-electron chi connectivity index (χ4n) is 3.21. The Kier molecular flexibility index (Phi) is 4.13. The first-order valence-electron chi connectivity index (χ1n) is 7.28. The van der Waals surface area contributed by atoms with Crippen molar-refractivity contribution < 1.29 is 9.59 Å². The van der Waals surface area contributed by atoms with Gasteiger partial charge in [0.25, 0.3) is 0 Å². The van der Waals surface area contributed by atoms with Crippen LogP contribution in [0.3, 0.4) is 0 Å². The number of piperazine rings is 1. The molecule has 5 nitrogen and oxygen atoms in total. The van der Waals surface area contributed by atoms with Gasteiger partial charge in [0.05, 0.1) is 0 Å². The second-order valence-corrected chi connectivity index (χ2v) is 5.91. The first-order chi connectivity index (χ1) is 8.95. The van der Waals surface area contributed by atoms with Crippen molar-refractivity contribution in [3.8, 4) is 0 Å². The van der Waals surface area contributed by atoms with Crippen molar-refractivity contribution in [2.45, 2.75) is 64.2 Å². The number of nitrogens with zero attached hydrogens (tertiary/aromatic N) is 2. The van der Waals surface area contributed by atoms with Crippen LogP contribution in [-0.4, -0.2) is 59.4 Å². The molecule has 0 aromatic carbocycles.